The second kappa shape index (κ2) is 6.95. The van der Waals surface area contributed by atoms with E-state index in [9.17, 15) is 23.6 Å². The van der Waals surface area contributed by atoms with Crippen molar-refractivity contribution in [2.45, 2.75) is 0 Å². The number of rotatable bonds is 4. The lowest BCUT2D eigenvalue weighted by molar-refractivity contribution is -0.132. The first-order chi connectivity index (χ1) is 12.7. The van der Waals surface area contributed by atoms with Crippen molar-refractivity contribution in [1.82, 2.24) is 9.55 Å². The van der Waals surface area contributed by atoms with Gasteiger partial charge in [-0.25, -0.2) is 13.6 Å². The number of hydroxylamine groups is 2. The Morgan fingerprint density at radius 1 is 1.30 bits per heavy atom. The van der Waals surface area contributed by atoms with Crippen molar-refractivity contribution < 1.29 is 27.9 Å². The lowest BCUT2D eigenvalue weighted by Gasteiger charge is -2.42. The van der Waals surface area contributed by atoms with Gasteiger partial charge in [-0.1, -0.05) is 0 Å². The first kappa shape index (κ1) is 19.3. The highest BCUT2D eigenvalue weighted by atomic mass is 19.1. The molecule has 1 atom stereocenters. The zero-order chi connectivity index (χ0) is 19.9. The molecule has 0 aromatic heterocycles. The predicted molar refractivity (Wildman–Crippen MR) is 92.1 cm³/mol. The number of carboxylic acid groups (broad SMARTS) is 1. The van der Waals surface area contributed by atoms with E-state index in [0.717, 1.165) is 0 Å². The second-order valence-corrected chi connectivity index (χ2v) is 6.59. The molecule has 0 aliphatic carbocycles. The highest BCUT2D eigenvalue weighted by molar-refractivity contribution is 6.26. The molecule has 0 amide bonds. The minimum atomic E-state index is -1.81. The molecule has 1 saturated heterocycles. The number of anilines is 1. The molecule has 3 rings (SSSR count). The Kier molecular flexibility index (Phi) is 4.98. The fraction of sp³-hybridized carbons (Fsp3) is 0.412. The Bertz CT molecular complexity index is 837. The number of Topliss-reactive ketones (excluding diaryl/α,β-unsaturated/α-hetero) is 1. The quantitative estimate of drug-likeness (QED) is 0.482. The fourth-order valence-corrected chi connectivity index (χ4v) is 3.39. The van der Waals surface area contributed by atoms with Crippen molar-refractivity contribution in [3.63, 3.8) is 0 Å². The summed E-state index contributed by atoms with van der Waals surface area (Å²) in [6.45, 7) is -0.326. The van der Waals surface area contributed by atoms with Crippen LogP contribution in [-0.2, 0) is 4.79 Å². The number of aliphatic carboxylic acids is 1. The number of hydrogen-bond acceptors (Lipinski definition) is 5. The number of halogens is 3. The third-order valence-corrected chi connectivity index (χ3v) is 4.84. The van der Waals surface area contributed by atoms with Gasteiger partial charge in [-0.2, -0.15) is 4.39 Å². The number of quaternary nitrogens is 1. The molecule has 0 bridgehead atoms. The van der Waals surface area contributed by atoms with Gasteiger partial charge in [-0.05, 0) is 13.1 Å². The van der Waals surface area contributed by atoms with Crippen molar-refractivity contribution in [2.24, 2.45) is 0 Å². The monoisotopic (exact) mass is 385 g/mol. The molecular formula is C17H18F3N3O4. The maximum Gasteiger partial charge on any atom is 0.345 e. The molecule has 2 aliphatic heterocycles. The number of carboxylic acids is 1. The molecule has 27 heavy (non-hydrogen) atoms. The third kappa shape index (κ3) is 3.20. The van der Waals surface area contributed by atoms with Crippen LogP contribution in [0.5, 0.6) is 0 Å². The molecule has 7 nitrogen and oxygen atoms in total. The Balaban J connectivity index is 2.19. The third-order valence-electron chi connectivity index (χ3n) is 4.84. The van der Waals surface area contributed by atoms with Gasteiger partial charge < -0.3 is 20.1 Å². The van der Waals surface area contributed by atoms with E-state index in [0.29, 0.717) is 38.4 Å². The maximum atomic E-state index is 15.3. The topological polar surface area (TPSA) is 83.9 Å². The maximum absolute atomic E-state index is 15.3. The summed E-state index contributed by atoms with van der Waals surface area (Å²) in [6, 6.07) is 0.674. The molecule has 146 valence electrons. The van der Waals surface area contributed by atoms with Crippen LogP contribution >= 0.6 is 0 Å². The lowest BCUT2D eigenvalue weighted by Crippen LogP contribution is -2.47. The van der Waals surface area contributed by atoms with Crippen molar-refractivity contribution in [1.29, 1.82) is 0 Å². The van der Waals surface area contributed by atoms with Crippen molar-refractivity contribution >= 4 is 23.1 Å². The van der Waals surface area contributed by atoms with Gasteiger partial charge in [0.05, 0.1) is 5.56 Å². The standard InChI is InChI=1S/C17H18F3N3O4/c1-21-3-5-22(6-4-21)14-12(19)8-10-15(13(14)20)23(27,7-2-18)9-11(16(10)24)17(25)26/h8-9H,2-7H2,1H3,(H,25,26). The highest BCUT2D eigenvalue weighted by Gasteiger charge is 2.42. The Morgan fingerprint density at radius 3 is 2.48 bits per heavy atom. The number of alkyl halides is 1. The van der Waals surface area contributed by atoms with Crippen LogP contribution in [0.3, 0.4) is 0 Å². The predicted octanol–water partition coefficient (Wildman–Crippen LogP) is 1.66. The van der Waals surface area contributed by atoms with E-state index in [1.165, 1.54) is 4.90 Å². The summed E-state index contributed by atoms with van der Waals surface area (Å²) in [5, 5.41) is 22.2. The van der Waals surface area contributed by atoms with Crippen LogP contribution in [0, 0.1) is 16.8 Å². The molecular weight excluding hydrogens is 367 g/mol. The van der Waals surface area contributed by atoms with Crippen molar-refractivity contribution in [3.05, 3.63) is 40.2 Å². The fourth-order valence-electron chi connectivity index (χ4n) is 3.39. The average Bonchev–Trinajstić information content (AvgIpc) is 2.59. The van der Waals surface area contributed by atoms with Crippen LogP contribution in [-0.4, -0.2) is 68.2 Å². The van der Waals surface area contributed by atoms with Crippen LogP contribution in [0.4, 0.5) is 24.5 Å². The summed E-state index contributed by atoms with van der Waals surface area (Å²) >= 11 is 0. The molecule has 1 N–H and O–H groups in total. The van der Waals surface area contributed by atoms with E-state index in [-0.39, 0.29) is 0 Å². The summed E-state index contributed by atoms with van der Waals surface area (Å²) in [5.74, 6) is -5.22. The van der Waals surface area contributed by atoms with Crippen molar-refractivity contribution in [3.8, 4) is 0 Å². The van der Waals surface area contributed by atoms with Gasteiger partial charge in [-0.3, -0.25) is 9.44 Å². The largest absolute Gasteiger partial charge is 0.622 e. The molecule has 2 aliphatic rings. The van der Waals surface area contributed by atoms with Crippen LogP contribution in [0.25, 0.3) is 0 Å². The Morgan fingerprint density at radius 2 is 1.93 bits per heavy atom. The van der Waals surface area contributed by atoms with Crippen molar-refractivity contribution in [2.75, 3.05) is 51.3 Å². The van der Waals surface area contributed by atoms with E-state index >= 15 is 4.39 Å². The number of ketones is 1. The molecule has 0 saturated carbocycles. The zero-order valence-corrected chi connectivity index (χ0v) is 14.5. The number of carbonyl (C=O) groups excluding carboxylic acids is 1. The molecule has 2 heterocycles. The van der Waals surface area contributed by atoms with E-state index in [1.54, 1.807) is 0 Å². The molecule has 1 fully saturated rings. The summed E-state index contributed by atoms with van der Waals surface area (Å²) < 4.78 is 41.1. The molecule has 1 aromatic carbocycles. The van der Waals surface area contributed by atoms with Gasteiger partial charge in [0.1, 0.15) is 25.1 Å². The number of likely N-dealkylation sites (N-methyl/N-ethyl adjacent to an activating group) is 1. The minimum absolute atomic E-state index is 0.301. The van der Waals surface area contributed by atoms with Gasteiger partial charge in [-0.15, -0.1) is 0 Å². The molecule has 10 heteroatoms. The second-order valence-electron chi connectivity index (χ2n) is 6.59. The smallest absolute Gasteiger partial charge is 0.345 e. The first-order valence-corrected chi connectivity index (χ1v) is 8.31. The number of hydrogen-bond donors (Lipinski definition) is 1. The van der Waals surface area contributed by atoms with Gasteiger partial charge >= 0.3 is 5.97 Å². The summed E-state index contributed by atoms with van der Waals surface area (Å²) in [5.41, 5.74) is -2.83. The van der Waals surface area contributed by atoms with Crippen LogP contribution < -0.4 is 9.55 Å². The number of benzene rings is 1. The van der Waals surface area contributed by atoms with E-state index in [4.69, 9.17) is 5.11 Å². The van der Waals surface area contributed by atoms with Crippen LogP contribution in [0.1, 0.15) is 10.4 Å². The van der Waals surface area contributed by atoms with Gasteiger partial charge in [0.15, 0.2) is 17.1 Å². The lowest BCUT2D eigenvalue weighted by atomic mass is 9.95. The van der Waals surface area contributed by atoms with Crippen LogP contribution in [0.15, 0.2) is 17.8 Å². The minimum Gasteiger partial charge on any atom is -0.622 e. The normalized spacial score (nSPS) is 23.2. The van der Waals surface area contributed by atoms with E-state index in [1.807, 2.05) is 11.9 Å². The van der Waals surface area contributed by atoms with E-state index < -0.39 is 63.8 Å². The number of piperazine rings is 1. The molecule has 1 unspecified atom stereocenters. The van der Waals surface area contributed by atoms with E-state index in [2.05, 4.69) is 0 Å². The summed E-state index contributed by atoms with van der Waals surface area (Å²) in [4.78, 5) is 27.0. The number of carbonyl (C=O) groups is 2. The molecule has 0 spiro atoms. The number of nitrogens with zero attached hydrogens (tertiary/aromatic N) is 3. The van der Waals surface area contributed by atoms with Gasteiger partial charge in [0.25, 0.3) is 0 Å². The number of fused-ring (bicyclic) bond motifs is 1. The van der Waals surface area contributed by atoms with Gasteiger partial charge in [0.2, 0.25) is 11.6 Å². The van der Waals surface area contributed by atoms with Gasteiger partial charge in [0, 0.05) is 26.2 Å². The first-order valence-electron chi connectivity index (χ1n) is 8.31. The SMILES string of the molecule is CN1CCN(c2c(F)cc3c(c2F)[N+]([O-])(CCF)C=C(C(=O)O)C3=O)CC1. The molecule has 1 aromatic rings. The Hall–Kier alpha value is -2.43. The summed E-state index contributed by atoms with van der Waals surface area (Å²) in [6.07, 6.45) is 0.474. The highest BCUT2D eigenvalue weighted by Crippen LogP contribution is 2.42. The average molecular weight is 385 g/mol. The zero-order valence-electron chi connectivity index (χ0n) is 14.5. The molecule has 0 radical (unpaired) electrons. The summed E-state index contributed by atoms with van der Waals surface area (Å²) in [7, 11) is 1.86. The Labute approximate surface area is 153 Å². The van der Waals surface area contributed by atoms with Crippen LogP contribution in [0.2, 0.25) is 0 Å².